The van der Waals surface area contributed by atoms with Crippen LogP contribution in [0.5, 0.6) is 0 Å². The van der Waals surface area contributed by atoms with Crippen LogP contribution in [0.2, 0.25) is 0 Å². The number of anilines is 2. The van der Waals surface area contributed by atoms with E-state index in [-0.39, 0.29) is 41.8 Å². The Hall–Kier alpha value is -5.75. The Balaban J connectivity index is 0.768. The van der Waals surface area contributed by atoms with Crippen molar-refractivity contribution in [1.29, 1.82) is 5.26 Å². The van der Waals surface area contributed by atoms with Crippen LogP contribution in [0.15, 0.2) is 54.6 Å². The molecule has 6 aliphatic rings. The van der Waals surface area contributed by atoms with Crippen LogP contribution in [0.1, 0.15) is 105 Å². The molecule has 0 aromatic heterocycles. The lowest BCUT2D eigenvalue weighted by Crippen LogP contribution is -2.54. The molecule has 5 amide bonds. The minimum absolute atomic E-state index is 0.0113. The van der Waals surface area contributed by atoms with Crippen molar-refractivity contribution in [2.75, 3.05) is 42.5 Å². The van der Waals surface area contributed by atoms with Crippen molar-refractivity contribution in [2.24, 2.45) is 5.41 Å². The first-order chi connectivity index (χ1) is 28.2. The van der Waals surface area contributed by atoms with E-state index in [0.29, 0.717) is 55.1 Å². The van der Waals surface area contributed by atoms with E-state index in [0.717, 1.165) is 73.0 Å². The Kier molecular flexibility index (Phi) is 9.53. The first-order valence-electron chi connectivity index (χ1n) is 20.4. The van der Waals surface area contributed by atoms with Crippen LogP contribution in [0, 0.1) is 16.7 Å². The van der Waals surface area contributed by atoms with Crippen LogP contribution in [-0.4, -0.2) is 95.1 Å². The second-order valence-corrected chi connectivity index (χ2v) is 17.1. The van der Waals surface area contributed by atoms with Crippen molar-refractivity contribution in [3.63, 3.8) is 0 Å². The zero-order chi connectivity index (χ0) is 41.4. The molecule has 0 saturated carbocycles. The molecule has 12 nitrogen and oxygen atoms in total. The number of halogens is 3. The maximum absolute atomic E-state index is 13.7. The van der Waals surface area contributed by atoms with E-state index in [9.17, 15) is 42.4 Å². The minimum atomic E-state index is -4.60. The Morgan fingerprint density at radius 3 is 2.07 bits per heavy atom. The first-order valence-corrected chi connectivity index (χ1v) is 20.4. The topological polar surface area (TPSA) is 137 Å². The summed E-state index contributed by atoms with van der Waals surface area (Å²) in [6.07, 6.45) is -0.151. The van der Waals surface area contributed by atoms with Crippen molar-refractivity contribution >= 4 is 40.9 Å². The third-order valence-corrected chi connectivity index (χ3v) is 13.6. The smallest absolute Gasteiger partial charge is 0.371 e. The van der Waals surface area contributed by atoms with Gasteiger partial charge in [-0.3, -0.25) is 39.1 Å². The monoisotopic (exact) mass is 807 g/mol. The number of carbonyl (C=O) groups excluding carboxylic acids is 5. The summed E-state index contributed by atoms with van der Waals surface area (Å²) in [5, 5.41) is 11.5. The first kappa shape index (κ1) is 38.8. The Morgan fingerprint density at radius 1 is 0.847 bits per heavy atom. The molecule has 9 rings (SSSR count). The van der Waals surface area contributed by atoms with Gasteiger partial charge < -0.3 is 14.7 Å². The van der Waals surface area contributed by atoms with Gasteiger partial charge in [0.1, 0.15) is 6.04 Å². The molecule has 1 N–H and O–H groups in total. The molecule has 0 radical (unpaired) electrons. The molecule has 4 saturated heterocycles. The summed E-state index contributed by atoms with van der Waals surface area (Å²) in [5.74, 6) is -2.06. The average molecular weight is 808 g/mol. The molecule has 306 valence electrons. The van der Waals surface area contributed by atoms with Crippen molar-refractivity contribution in [1.82, 2.24) is 20.0 Å². The molecular weight excluding hydrogens is 764 g/mol. The molecule has 6 aliphatic heterocycles. The number of fused-ring (bicyclic) bond motifs is 2. The zero-order valence-electron chi connectivity index (χ0n) is 32.7. The summed E-state index contributed by atoms with van der Waals surface area (Å²) in [5.41, 5.74) is 3.42. The van der Waals surface area contributed by atoms with Crippen LogP contribution in [0.25, 0.3) is 0 Å². The molecule has 6 heterocycles. The largest absolute Gasteiger partial charge is 0.417 e. The standard InChI is InChI=1S/C44H44F3N7O5/c1-26-21-43(25-53(26)33-7-4-28(22-48)36(20-33)44(45,46)47)12-16-50(17-13-43)31-5-2-27(3-6-31)40(57)51-14-10-32(11-15-51)52-23-29-18-34-35(19-30(29)24-52)42(59)54(41(34)58)37-8-9-38(55)49-39(37)56/h2-7,18-20,26,32,37H,8-17,21,23-25H2,1H3,(H,49,55,56)/t26-,37?/m0/s1. The SMILES string of the molecule is C[C@H]1CC2(CCN(c3ccc(C(=O)N4CCC(N5Cc6cc7c(cc6C5)C(=O)N(C5CCC(=O)NC5=O)C7=O)CC4)cc3)CC2)CN1c1ccc(C#N)c(C(F)(F)F)c1. The normalized spacial score (nSPS) is 23.5. The van der Waals surface area contributed by atoms with Gasteiger partial charge in [-0.15, -0.1) is 0 Å². The molecular formula is C44H44F3N7O5. The van der Waals surface area contributed by atoms with Gasteiger partial charge >= 0.3 is 6.18 Å². The molecule has 59 heavy (non-hydrogen) atoms. The summed E-state index contributed by atoms with van der Waals surface area (Å²) >= 11 is 0. The van der Waals surface area contributed by atoms with Gasteiger partial charge in [0.2, 0.25) is 11.8 Å². The predicted molar refractivity (Wildman–Crippen MR) is 209 cm³/mol. The Bertz CT molecular complexity index is 2260. The van der Waals surface area contributed by atoms with Crippen molar-refractivity contribution < 1.29 is 37.1 Å². The van der Waals surface area contributed by atoms with E-state index in [1.54, 1.807) is 24.3 Å². The number of amides is 5. The van der Waals surface area contributed by atoms with Gasteiger partial charge in [-0.1, -0.05) is 0 Å². The summed E-state index contributed by atoms with van der Waals surface area (Å²) in [7, 11) is 0. The van der Waals surface area contributed by atoms with E-state index < -0.39 is 41.4 Å². The van der Waals surface area contributed by atoms with E-state index in [1.807, 2.05) is 29.2 Å². The van der Waals surface area contributed by atoms with Crippen LogP contribution in [-0.2, 0) is 28.9 Å². The summed E-state index contributed by atoms with van der Waals surface area (Å²) in [6.45, 7) is 6.78. The van der Waals surface area contributed by atoms with Crippen LogP contribution < -0.4 is 15.1 Å². The fourth-order valence-corrected chi connectivity index (χ4v) is 10.4. The molecule has 3 aromatic carbocycles. The molecule has 1 spiro atoms. The van der Waals surface area contributed by atoms with Gasteiger partial charge in [-0.25, -0.2) is 0 Å². The highest BCUT2D eigenvalue weighted by Crippen LogP contribution is 2.46. The number of rotatable bonds is 5. The number of imide groups is 2. The minimum Gasteiger partial charge on any atom is -0.371 e. The zero-order valence-corrected chi connectivity index (χ0v) is 32.7. The predicted octanol–water partition coefficient (Wildman–Crippen LogP) is 5.48. The third-order valence-electron chi connectivity index (χ3n) is 13.6. The number of benzene rings is 3. The van der Waals surface area contributed by atoms with E-state index in [1.165, 1.54) is 6.07 Å². The van der Waals surface area contributed by atoms with Gasteiger partial charge in [0.15, 0.2) is 0 Å². The number of piperidine rings is 3. The fraction of sp³-hybridized carbons (Fsp3) is 0.455. The van der Waals surface area contributed by atoms with Crippen LogP contribution >= 0.6 is 0 Å². The van der Waals surface area contributed by atoms with Gasteiger partial charge in [0.25, 0.3) is 17.7 Å². The van der Waals surface area contributed by atoms with Crippen molar-refractivity contribution in [3.8, 4) is 6.07 Å². The van der Waals surface area contributed by atoms with Crippen molar-refractivity contribution in [3.05, 3.63) is 93.5 Å². The molecule has 1 unspecified atom stereocenters. The lowest BCUT2D eigenvalue weighted by molar-refractivity contribution is -0.138. The molecule has 3 aromatic rings. The number of hydrogen-bond acceptors (Lipinski definition) is 9. The highest BCUT2D eigenvalue weighted by molar-refractivity contribution is 6.23. The molecule has 0 aliphatic carbocycles. The summed E-state index contributed by atoms with van der Waals surface area (Å²) in [4.78, 5) is 74.0. The molecule has 15 heteroatoms. The van der Waals surface area contributed by atoms with Gasteiger partial charge in [-0.2, -0.15) is 18.4 Å². The number of likely N-dealkylation sites (tertiary alicyclic amines) is 1. The van der Waals surface area contributed by atoms with E-state index >= 15 is 0 Å². The second-order valence-electron chi connectivity index (χ2n) is 17.1. The lowest BCUT2D eigenvalue weighted by atomic mass is 9.76. The van der Waals surface area contributed by atoms with E-state index in [2.05, 4.69) is 26.9 Å². The maximum atomic E-state index is 13.7. The maximum Gasteiger partial charge on any atom is 0.417 e. The summed E-state index contributed by atoms with van der Waals surface area (Å²) < 4.78 is 41.1. The highest BCUT2D eigenvalue weighted by atomic mass is 19.4. The number of nitrogens with zero attached hydrogens (tertiary/aromatic N) is 6. The van der Waals surface area contributed by atoms with Gasteiger partial charge in [0.05, 0.1) is 28.3 Å². The van der Waals surface area contributed by atoms with Gasteiger partial charge in [0, 0.05) is 81.3 Å². The number of nitrogens with one attached hydrogen (secondary N) is 1. The van der Waals surface area contributed by atoms with Gasteiger partial charge in [-0.05, 0) is 117 Å². The molecule has 4 fully saturated rings. The average Bonchev–Trinajstić information content (AvgIpc) is 3.87. The number of nitriles is 1. The molecule has 2 atom stereocenters. The van der Waals surface area contributed by atoms with Crippen LogP contribution in [0.3, 0.4) is 0 Å². The van der Waals surface area contributed by atoms with Crippen molar-refractivity contribution in [2.45, 2.75) is 89.3 Å². The number of carbonyl (C=O) groups is 5. The number of hydrogen-bond donors (Lipinski definition) is 1. The Labute approximate surface area is 339 Å². The van der Waals surface area contributed by atoms with Crippen LogP contribution in [0.4, 0.5) is 24.5 Å². The lowest BCUT2D eigenvalue weighted by Gasteiger charge is -2.40. The molecule has 0 bridgehead atoms. The second kappa shape index (κ2) is 14.5. The Morgan fingerprint density at radius 2 is 1.47 bits per heavy atom. The fourth-order valence-electron chi connectivity index (χ4n) is 10.4. The van der Waals surface area contributed by atoms with E-state index in [4.69, 9.17) is 0 Å². The highest BCUT2D eigenvalue weighted by Gasteiger charge is 2.47. The number of alkyl halides is 3. The third kappa shape index (κ3) is 6.90. The summed E-state index contributed by atoms with van der Waals surface area (Å²) in [6, 6.07) is 16.3. The quantitative estimate of drug-likeness (QED) is 0.333.